The Labute approximate surface area is 270 Å². The minimum atomic E-state index is 0.0796. The molecule has 0 spiro atoms. The van der Waals surface area contributed by atoms with Gasteiger partial charge in [-0.2, -0.15) is 0 Å². The lowest BCUT2D eigenvalue weighted by Crippen LogP contribution is -2.58. The fourth-order valence-electron chi connectivity index (χ4n) is 9.82. The van der Waals surface area contributed by atoms with Crippen molar-refractivity contribution in [3.05, 3.63) is 130 Å². The molecule has 0 saturated carbocycles. The largest absolute Gasteiger partial charge is 0.375 e. The molecule has 0 radical (unpaired) electrons. The Balaban J connectivity index is 1.48. The number of hydrogen-bond donors (Lipinski definition) is 0. The second-order valence-corrected chi connectivity index (χ2v) is 14.1. The van der Waals surface area contributed by atoms with Crippen LogP contribution in [0.4, 0.5) is 0 Å². The molecule has 2 aromatic heterocycles. The molecule has 218 valence electrons. The Hall–Kier alpha value is -4.95. The van der Waals surface area contributed by atoms with E-state index in [1.807, 2.05) is 0 Å². The second-order valence-electron chi connectivity index (χ2n) is 14.1. The van der Waals surface area contributed by atoms with E-state index >= 15 is 0 Å². The van der Waals surface area contributed by atoms with E-state index in [0.29, 0.717) is 0 Å². The molecule has 0 aliphatic carbocycles. The summed E-state index contributed by atoms with van der Waals surface area (Å²) >= 11 is 0. The average Bonchev–Trinajstić information content (AvgIpc) is 3.54. The highest BCUT2D eigenvalue weighted by Gasteiger charge is 2.44. The maximum absolute atomic E-state index is 2.70. The van der Waals surface area contributed by atoms with Crippen LogP contribution in [-0.4, -0.2) is 22.7 Å². The van der Waals surface area contributed by atoms with Crippen molar-refractivity contribution in [3.8, 4) is 11.1 Å². The number of hydrogen-bond acceptors (Lipinski definition) is 0. The Morgan fingerprint density at radius 3 is 1.17 bits per heavy atom. The highest BCUT2D eigenvalue weighted by atomic mass is 15.0. The summed E-state index contributed by atoms with van der Waals surface area (Å²) in [5, 5.41) is 5.37. The van der Waals surface area contributed by atoms with Crippen molar-refractivity contribution in [1.29, 1.82) is 0 Å². The first-order valence-electron chi connectivity index (χ1n) is 16.6. The minimum Gasteiger partial charge on any atom is -0.375 e. The summed E-state index contributed by atoms with van der Waals surface area (Å²) in [6.45, 7) is 13.8. The minimum absolute atomic E-state index is 0.0796. The van der Waals surface area contributed by atoms with Gasteiger partial charge in [0, 0.05) is 54.7 Å². The predicted octanol–water partition coefficient (Wildman–Crippen LogP) is 7.35. The molecule has 0 unspecified atom stereocenters. The number of rotatable bonds is 2. The molecule has 4 heteroatoms. The quantitative estimate of drug-likeness (QED) is 0.187. The fraction of sp³-hybridized carbons (Fsp3) is 0.143. The topological polar surface area (TPSA) is 9.86 Å². The molecule has 4 heterocycles. The van der Waals surface area contributed by atoms with Gasteiger partial charge >= 0.3 is 13.7 Å². The lowest BCUT2D eigenvalue weighted by atomic mass is 9.41. The fourth-order valence-corrected chi connectivity index (χ4v) is 9.82. The Morgan fingerprint density at radius 1 is 0.413 bits per heavy atom. The van der Waals surface area contributed by atoms with Gasteiger partial charge in [-0.3, -0.25) is 0 Å². The molecule has 8 aromatic rings. The molecule has 2 aliphatic rings. The summed E-state index contributed by atoms with van der Waals surface area (Å²) in [7, 11) is 0. The van der Waals surface area contributed by atoms with E-state index in [-0.39, 0.29) is 13.7 Å². The zero-order valence-corrected chi connectivity index (χ0v) is 27.3. The highest BCUT2D eigenvalue weighted by Crippen LogP contribution is 2.45. The third-order valence-electron chi connectivity index (χ3n) is 11.2. The van der Waals surface area contributed by atoms with Crippen molar-refractivity contribution in [2.75, 3.05) is 0 Å². The normalized spacial score (nSPS) is 13.3. The van der Waals surface area contributed by atoms with Crippen molar-refractivity contribution in [2.24, 2.45) is 0 Å². The monoisotopic (exact) mass is 588 g/mol. The molecule has 46 heavy (non-hydrogen) atoms. The van der Waals surface area contributed by atoms with Gasteiger partial charge in [0.15, 0.2) is 0 Å². The van der Waals surface area contributed by atoms with E-state index in [1.54, 1.807) is 0 Å². The SMILES string of the molecule is Cc1cc(C)c(B2c3ccc4c5ccccc5n5c4c3-c3c(ccc4c6ccccc6n2c34)B5c2c(C)cc(C)cc2C)c(C)c1. The van der Waals surface area contributed by atoms with Crippen LogP contribution in [0.15, 0.2) is 97.1 Å². The van der Waals surface area contributed by atoms with Crippen LogP contribution in [0, 0.1) is 41.5 Å². The summed E-state index contributed by atoms with van der Waals surface area (Å²) in [4.78, 5) is 0. The van der Waals surface area contributed by atoms with Crippen LogP contribution in [0.5, 0.6) is 0 Å². The number of fused-ring (bicyclic) bond motifs is 6. The molecule has 2 nitrogen and oxygen atoms in total. The van der Waals surface area contributed by atoms with Crippen molar-refractivity contribution in [3.63, 3.8) is 0 Å². The van der Waals surface area contributed by atoms with Gasteiger partial charge in [0.25, 0.3) is 0 Å². The van der Waals surface area contributed by atoms with Gasteiger partial charge in [0.05, 0.1) is 0 Å². The number of aromatic nitrogens is 2. The Kier molecular flexibility index (Phi) is 5.06. The van der Waals surface area contributed by atoms with Gasteiger partial charge in [-0.15, -0.1) is 0 Å². The van der Waals surface area contributed by atoms with E-state index in [1.165, 1.54) is 110 Å². The number of para-hydroxylation sites is 2. The van der Waals surface area contributed by atoms with Crippen molar-refractivity contribution >= 4 is 79.2 Å². The van der Waals surface area contributed by atoms with Crippen LogP contribution >= 0.6 is 0 Å². The molecule has 10 rings (SSSR count). The molecule has 0 amide bonds. The van der Waals surface area contributed by atoms with Crippen LogP contribution in [0.2, 0.25) is 0 Å². The first kappa shape index (κ1) is 26.3. The standard InChI is InChI=1S/C42H34B2N2/c1-23-19-25(3)39(26(4)20-23)43-33-17-15-32-30-12-8-10-14-36(30)46-42(32)37(33)38-34(44(46)40-27(5)21-24(2)22-28(40)6)18-16-31-29-11-7-9-13-35(29)45(43)41(31)38/h7-22H,1-6H3. The van der Waals surface area contributed by atoms with Crippen molar-refractivity contribution in [1.82, 2.24) is 8.96 Å². The molecule has 0 bridgehead atoms. The van der Waals surface area contributed by atoms with E-state index in [0.717, 1.165) is 0 Å². The number of nitrogens with zero attached hydrogens (tertiary/aromatic N) is 2. The molecule has 0 atom stereocenters. The Morgan fingerprint density at radius 2 is 0.783 bits per heavy atom. The van der Waals surface area contributed by atoms with Crippen LogP contribution < -0.4 is 21.9 Å². The first-order valence-corrected chi connectivity index (χ1v) is 16.6. The summed E-state index contributed by atoms with van der Waals surface area (Å²) in [6.07, 6.45) is 0. The zero-order chi connectivity index (χ0) is 31.2. The van der Waals surface area contributed by atoms with Gasteiger partial charge < -0.3 is 8.96 Å². The summed E-state index contributed by atoms with van der Waals surface area (Å²) in [5.41, 5.74) is 22.0. The summed E-state index contributed by atoms with van der Waals surface area (Å²) in [5.74, 6) is 0. The molecule has 6 aromatic carbocycles. The average molecular weight is 588 g/mol. The number of aryl methyl sites for hydroxylation is 6. The second kappa shape index (κ2) is 8.85. The Bertz CT molecular complexity index is 2440. The van der Waals surface area contributed by atoms with Gasteiger partial charge in [0.2, 0.25) is 0 Å². The maximum Gasteiger partial charge on any atom is 0.329 e. The predicted molar refractivity (Wildman–Crippen MR) is 200 cm³/mol. The molecule has 0 fully saturated rings. The van der Waals surface area contributed by atoms with Crippen LogP contribution in [-0.2, 0) is 0 Å². The van der Waals surface area contributed by atoms with Gasteiger partial charge in [-0.25, -0.2) is 0 Å². The van der Waals surface area contributed by atoms with Crippen molar-refractivity contribution < 1.29 is 0 Å². The first-order chi connectivity index (χ1) is 22.3. The molecule has 2 aliphatic heterocycles. The van der Waals surface area contributed by atoms with Gasteiger partial charge in [-0.05, 0) is 75.5 Å². The molecular formula is C42H34B2N2. The third kappa shape index (κ3) is 3.10. The van der Waals surface area contributed by atoms with Gasteiger partial charge in [0.1, 0.15) is 0 Å². The van der Waals surface area contributed by atoms with E-state index < -0.39 is 0 Å². The lowest BCUT2D eigenvalue weighted by molar-refractivity contribution is 1.27. The van der Waals surface area contributed by atoms with Gasteiger partial charge in [-0.1, -0.05) is 118 Å². The molecule has 0 saturated heterocycles. The van der Waals surface area contributed by atoms with E-state index in [9.17, 15) is 0 Å². The maximum atomic E-state index is 2.70. The van der Waals surface area contributed by atoms with Crippen LogP contribution in [0.3, 0.4) is 0 Å². The molecule has 0 N–H and O–H groups in total. The van der Waals surface area contributed by atoms with Crippen molar-refractivity contribution in [2.45, 2.75) is 41.5 Å². The summed E-state index contributed by atoms with van der Waals surface area (Å²) in [6, 6.07) is 37.4. The van der Waals surface area contributed by atoms with E-state index in [2.05, 4.69) is 148 Å². The third-order valence-corrected chi connectivity index (χ3v) is 11.2. The molecular weight excluding hydrogens is 554 g/mol. The number of benzene rings is 6. The van der Waals surface area contributed by atoms with Crippen LogP contribution in [0.25, 0.3) is 54.7 Å². The highest BCUT2D eigenvalue weighted by molar-refractivity contribution is 6.91. The smallest absolute Gasteiger partial charge is 0.329 e. The van der Waals surface area contributed by atoms with E-state index in [4.69, 9.17) is 0 Å². The summed E-state index contributed by atoms with van der Waals surface area (Å²) < 4.78 is 5.40. The van der Waals surface area contributed by atoms with Crippen LogP contribution in [0.1, 0.15) is 33.4 Å². The lowest BCUT2D eigenvalue weighted by Gasteiger charge is -2.36. The zero-order valence-electron chi connectivity index (χ0n) is 27.3.